The summed E-state index contributed by atoms with van der Waals surface area (Å²) in [5, 5.41) is 4.22. The third kappa shape index (κ3) is 3.58. The second kappa shape index (κ2) is 6.05. The molecule has 0 saturated heterocycles. The fourth-order valence-corrected chi connectivity index (χ4v) is 1.68. The van der Waals surface area contributed by atoms with Gasteiger partial charge in [-0.05, 0) is 66.9 Å². The highest BCUT2D eigenvalue weighted by molar-refractivity contribution is 5.80. The van der Waals surface area contributed by atoms with Gasteiger partial charge in [0.1, 0.15) is 5.75 Å². The van der Waals surface area contributed by atoms with Crippen LogP contribution in [0.25, 0.3) is 0 Å². The molecule has 0 saturated carbocycles. The Morgan fingerprint density at radius 2 is 1.74 bits per heavy atom. The fourth-order valence-electron chi connectivity index (χ4n) is 1.68. The summed E-state index contributed by atoms with van der Waals surface area (Å²) >= 11 is 0. The van der Waals surface area contributed by atoms with Crippen LogP contribution in [0, 0.1) is 13.8 Å². The summed E-state index contributed by atoms with van der Waals surface area (Å²) in [4.78, 5) is 0. The molecule has 0 unspecified atom stereocenters. The second-order valence-electron chi connectivity index (χ2n) is 4.44. The van der Waals surface area contributed by atoms with Crippen LogP contribution < -0.4 is 10.2 Å². The predicted octanol–water partition coefficient (Wildman–Crippen LogP) is 3.76. The zero-order chi connectivity index (χ0) is 13.7. The molecule has 0 amide bonds. The zero-order valence-electron chi connectivity index (χ0n) is 11.5. The maximum Gasteiger partial charge on any atom is 0.118 e. The van der Waals surface area contributed by atoms with Gasteiger partial charge in [0.05, 0.1) is 19.0 Å². The molecule has 3 nitrogen and oxygen atoms in total. The lowest BCUT2D eigenvalue weighted by molar-refractivity contribution is 0.415. The van der Waals surface area contributed by atoms with Crippen molar-refractivity contribution in [1.29, 1.82) is 0 Å². The lowest BCUT2D eigenvalue weighted by atomic mass is 10.1. The van der Waals surface area contributed by atoms with Crippen molar-refractivity contribution >= 4 is 11.9 Å². The van der Waals surface area contributed by atoms with Gasteiger partial charge in [-0.1, -0.05) is 6.07 Å². The Bertz CT molecular complexity index is 574. The summed E-state index contributed by atoms with van der Waals surface area (Å²) in [5.74, 6) is 0.847. The van der Waals surface area contributed by atoms with E-state index in [0.717, 1.165) is 17.0 Å². The number of aryl methyl sites for hydroxylation is 2. The van der Waals surface area contributed by atoms with E-state index in [1.807, 2.05) is 30.3 Å². The van der Waals surface area contributed by atoms with Gasteiger partial charge in [-0.15, -0.1) is 0 Å². The maximum atomic E-state index is 5.11. The molecular formula is C16H18N2O. The molecule has 0 aliphatic carbocycles. The Kier molecular flexibility index (Phi) is 4.18. The molecule has 2 aromatic rings. The van der Waals surface area contributed by atoms with Crippen molar-refractivity contribution in [3.63, 3.8) is 0 Å². The molecule has 0 atom stereocenters. The van der Waals surface area contributed by atoms with Crippen LogP contribution in [0.3, 0.4) is 0 Å². The van der Waals surface area contributed by atoms with E-state index in [-0.39, 0.29) is 0 Å². The Balaban J connectivity index is 2.00. The van der Waals surface area contributed by atoms with Gasteiger partial charge in [0.15, 0.2) is 0 Å². The summed E-state index contributed by atoms with van der Waals surface area (Å²) < 4.78 is 5.11. The summed E-state index contributed by atoms with van der Waals surface area (Å²) in [7, 11) is 1.66. The van der Waals surface area contributed by atoms with E-state index >= 15 is 0 Å². The minimum absolute atomic E-state index is 0.847. The standard InChI is InChI=1S/C16H18N2O/c1-12-4-7-15(10-13(12)2)18-17-11-14-5-8-16(19-3)9-6-14/h4-11,18H,1-3H3/b17-11+. The summed E-state index contributed by atoms with van der Waals surface area (Å²) in [6.07, 6.45) is 1.79. The molecule has 0 fully saturated rings. The van der Waals surface area contributed by atoms with Crippen molar-refractivity contribution in [2.24, 2.45) is 5.10 Å². The summed E-state index contributed by atoms with van der Waals surface area (Å²) in [6.45, 7) is 4.19. The van der Waals surface area contributed by atoms with Crippen LogP contribution in [-0.2, 0) is 0 Å². The zero-order valence-corrected chi connectivity index (χ0v) is 11.5. The molecule has 1 N–H and O–H groups in total. The van der Waals surface area contributed by atoms with E-state index in [1.54, 1.807) is 13.3 Å². The van der Waals surface area contributed by atoms with E-state index in [9.17, 15) is 0 Å². The minimum atomic E-state index is 0.847. The first kappa shape index (κ1) is 13.1. The number of rotatable bonds is 4. The molecule has 0 heterocycles. The molecule has 2 aromatic carbocycles. The summed E-state index contributed by atoms with van der Waals surface area (Å²) in [5.41, 5.74) is 7.58. The van der Waals surface area contributed by atoms with Crippen LogP contribution in [0.5, 0.6) is 5.75 Å². The highest BCUT2D eigenvalue weighted by atomic mass is 16.5. The van der Waals surface area contributed by atoms with E-state index in [0.29, 0.717) is 0 Å². The van der Waals surface area contributed by atoms with E-state index in [1.165, 1.54) is 11.1 Å². The molecule has 98 valence electrons. The Hall–Kier alpha value is -2.29. The Morgan fingerprint density at radius 1 is 1.00 bits per heavy atom. The number of hydrazone groups is 1. The average Bonchev–Trinajstić information content (AvgIpc) is 2.43. The Morgan fingerprint density at radius 3 is 2.37 bits per heavy atom. The van der Waals surface area contributed by atoms with Crippen molar-refractivity contribution < 1.29 is 4.74 Å². The molecule has 2 rings (SSSR count). The molecule has 0 aliphatic heterocycles. The number of methoxy groups -OCH3 is 1. The molecule has 3 heteroatoms. The van der Waals surface area contributed by atoms with Gasteiger partial charge >= 0.3 is 0 Å². The molecule has 0 aliphatic rings. The number of hydrogen-bond donors (Lipinski definition) is 1. The van der Waals surface area contributed by atoms with Gasteiger partial charge in [0.25, 0.3) is 0 Å². The van der Waals surface area contributed by atoms with Crippen molar-refractivity contribution in [2.45, 2.75) is 13.8 Å². The lowest BCUT2D eigenvalue weighted by Crippen LogP contribution is -1.92. The Labute approximate surface area is 113 Å². The van der Waals surface area contributed by atoms with Crippen molar-refractivity contribution in [3.05, 3.63) is 59.2 Å². The van der Waals surface area contributed by atoms with Crippen LogP contribution in [-0.4, -0.2) is 13.3 Å². The third-order valence-electron chi connectivity index (χ3n) is 3.03. The molecule has 19 heavy (non-hydrogen) atoms. The van der Waals surface area contributed by atoms with Crippen LogP contribution in [0.15, 0.2) is 47.6 Å². The van der Waals surface area contributed by atoms with Crippen LogP contribution >= 0.6 is 0 Å². The normalized spacial score (nSPS) is 10.7. The monoisotopic (exact) mass is 254 g/mol. The number of benzene rings is 2. The lowest BCUT2D eigenvalue weighted by Gasteiger charge is -2.04. The topological polar surface area (TPSA) is 33.6 Å². The quantitative estimate of drug-likeness (QED) is 0.665. The average molecular weight is 254 g/mol. The van der Waals surface area contributed by atoms with Crippen LogP contribution in [0.4, 0.5) is 5.69 Å². The van der Waals surface area contributed by atoms with E-state index in [2.05, 4.69) is 36.5 Å². The highest BCUT2D eigenvalue weighted by Crippen LogP contribution is 2.14. The highest BCUT2D eigenvalue weighted by Gasteiger charge is 1.94. The first-order valence-electron chi connectivity index (χ1n) is 6.19. The number of nitrogens with one attached hydrogen (secondary N) is 1. The molecular weight excluding hydrogens is 236 g/mol. The summed E-state index contributed by atoms with van der Waals surface area (Å²) in [6, 6.07) is 13.9. The van der Waals surface area contributed by atoms with Gasteiger partial charge in [0.2, 0.25) is 0 Å². The van der Waals surface area contributed by atoms with Gasteiger partial charge in [-0.3, -0.25) is 5.43 Å². The number of anilines is 1. The predicted molar refractivity (Wildman–Crippen MR) is 80.1 cm³/mol. The first-order chi connectivity index (χ1) is 9.19. The number of hydrogen-bond acceptors (Lipinski definition) is 3. The van der Waals surface area contributed by atoms with Crippen molar-refractivity contribution in [3.8, 4) is 5.75 Å². The van der Waals surface area contributed by atoms with E-state index in [4.69, 9.17) is 4.74 Å². The smallest absolute Gasteiger partial charge is 0.118 e. The van der Waals surface area contributed by atoms with Gasteiger partial charge in [0, 0.05) is 0 Å². The van der Waals surface area contributed by atoms with Gasteiger partial charge in [-0.2, -0.15) is 5.10 Å². The SMILES string of the molecule is COc1ccc(/C=N/Nc2ccc(C)c(C)c2)cc1. The molecule has 0 bridgehead atoms. The first-order valence-corrected chi connectivity index (χ1v) is 6.19. The minimum Gasteiger partial charge on any atom is -0.497 e. The van der Waals surface area contributed by atoms with Gasteiger partial charge < -0.3 is 4.74 Å². The van der Waals surface area contributed by atoms with E-state index < -0.39 is 0 Å². The number of ether oxygens (including phenoxy) is 1. The number of nitrogens with zero attached hydrogens (tertiary/aromatic N) is 1. The molecule has 0 spiro atoms. The fraction of sp³-hybridized carbons (Fsp3) is 0.188. The van der Waals surface area contributed by atoms with Gasteiger partial charge in [-0.25, -0.2) is 0 Å². The van der Waals surface area contributed by atoms with Crippen LogP contribution in [0.1, 0.15) is 16.7 Å². The largest absolute Gasteiger partial charge is 0.497 e. The van der Waals surface area contributed by atoms with Crippen molar-refractivity contribution in [1.82, 2.24) is 0 Å². The van der Waals surface area contributed by atoms with Crippen molar-refractivity contribution in [2.75, 3.05) is 12.5 Å². The third-order valence-corrected chi connectivity index (χ3v) is 3.03. The maximum absolute atomic E-state index is 5.11. The second-order valence-corrected chi connectivity index (χ2v) is 4.44. The molecule has 0 radical (unpaired) electrons. The molecule has 0 aromatic heterocycles. The van der Waals surface area contributed by atoms with Crippen LogP contribution in [0.2, 0.25) is 0 Å².